The van der Waals surface area contributed by atoms with Crippen LogP contribution in [0.4, 0.5) is 11.6 Å². The molecule has 0 unspecified atom stereocenters. The van der Waals surface area contributed by atoms with E-state index >= 15 is 0 Å². The van der Waals surface area contributed by atoms with Gasteiger partial charge in [0.15, 0.2) is 5.78 Å². The van der Waals surface area contributed by atoms with Gasteiger partial charge in [-0.05, 0) is 51.1 Å². The van der Waals surface area contributed by atoms with E-state index in [1.807, 2.05) is 49.4 Å². The lowest BCUT2D eigenvalue weighted by Gasteiger charge is -2.20. The molecule has 1 amide bonds. The van der Waals surface area contributed by atoms with Gasteiger partial charge >= 0.3 is 0 Å². The minimum Gasteiger partial charge on any atom is -0.389 e. The highest BCUT2D eigenvalue weighted by molar-refractivity contribution is 7.17. The fourth-order valence-electron chi connectivity index (χ4n) is 4.10. The van der Waals surface area contributed by atoms with Crippen LogP contribution in [0.1, 0.15) is 39.7 Å². The second-order valence-electron chi connectivity index (χ2n) is 9.68. The topological polar surface area (TPSA) is 125 Å². The third kappa shape index (κ3) is 5.66. The first-order chi connectivity index (χ1) is 18.2. The number of amides is 1. The molecule has 0 radical (unpaired) electrons. The minimum absolute atomic E-state index is 0.0215. The molecule has 10 heteroatoms. The lowest BCUT2D eigenvalue weighted by molar-refractivity contribution is 0.0630. The van der Waals surface area contributed by atoms with Gasteiger partial charge in [0.2, 0.25) is 5.95 Å². The molecule has 0 aliphatic rings. The summed E-state index contributed by atoms with van der Waals surface area (Å²) >= 11 is 1.35. The Hall–Kier alpha value is -4.28. The van der Waals surface area contributed by atoms with Crippen molar-refractivity contribution in [1.82, 2.24) is 19.5 Å². The van der Waals surface area contributed by atoms with Crippen LogP contribution >= 0.6 is 11.3 Å². The van der Waals surface area contributed by atoms with Gasteiger partial charge in [-0.3, -0.25) is 14.9 Å². The maximum absolute atomic E-state index is 13.1. The number of carbonyl (C=O) groups is 2. The number of carbonyl (C=O) groups excluding carboxylic acids is 2. The van der Waals surface area contributed by atoms with E-state index in [4.69, 9.17) is 0 Å². The number of aryl methyl sites for hydroxylation is 1. The predicted octanol–water partition coefficient (Wildman–Crippen LogP) is 5.11. The number of aliphatic hydroxyl groups is 1. The number of imidazole rings is 2. The van der Waals surface area contributed by atoms with Crippen molar-refractivity contribution in [3.63, 3.8) is 0 Å². The summed E-state index contributed by atoms with van der Waals surface area (Å²) in [7, 11) is 0. The van der Waals surface area contributed by atoms with Gasteiger partial charge in [0.25, 0.3) is 5.91 Å². The zero-order valence-electron chi connectivity index (χ0n) is 21.3. The van der Waals surface area contributed by atoms with Crippen molar-refractivity contribution in [3.05, 3.63) is 83.1 Å². The number of ketones is 1. The molecule has 9 nitrogen and oxygen atoms in total. The summed E-state index contributed by atoms with van der Waals surface area (Å²) in [6.45, 7) is 5.64. The molecule has 0 aliphatic heterocycles. The van der Waals surface area contributed by atoms with Crippen LogP contribution in [0.3, 0.4) is 0 Å². The van der Waals surface area contributed by atoms with Crippen LogP contribution in [0, 0.1) is 6.92 Å². The summed E-state index contributed by atoms with van der Waals surface area (Å²) in [6, 6.07) is 18.3. The Kier molecular flexibility index (Phi) is 6.83. The van der Waals surface area contributed by atoms with E-state index in [1.54, 1.807) is 42.8 Å². The first-order valence-corrected chi connectivity index (χ1v) is 13.0. The van der Waals surface area contributed by atoms with Gasteiger partial charge < -0.3 is 20.0 Å². The number of fused-ring (bicyclic) bond motifs is 1. The van der Waals surface area contributed by atoms with Crippen molar-refractivity contribution in [2.45, 2.75) is 32.9 Å². The Morgan fingerprint density at radius 1 is 1.11 bits per heavy atom. The molecule has 2 aromatic carbocycles. The molecule has 0 atom stereocenters. The molecule has 0 saturated heterocycles. The van der Waals surface area contributed by atoms with Crippen LogP contribution in [0.2, 0.25) is 0 Å². The fourth-order valence-corrected chi connectivity index (χ4v) is 4.97. The van der Waals surface area contributed by atoms with Gasteiger partial charge in [0.05, 0.1) is 51.4 Å². The molecule has 0 saturated carbocycles. The number of benzene rings is 2. The van der Waals surface area contributed by atoms with E-state index in [-0.39, 0.29) is 24.8 Å². The normalized spacial score (nSPS) is 11.6. The Bertz CT molecular complexity index is 1610. The van der Waals surface area contributed by atoms with Crippen LogP contribution < -0.4 is 10.6 Å². The standard InChI is InChI=1S/C28H28N6O3S/c1-17-29-14-21(31-17)24-11-12-25(38-24)26(36)33-27-32-20-13-19(9-10-22(20)34(27)16-28(2,3)37)30-15-23(35)18-7-5-4-6-8-18/h4-14,30,37H,15-16H2,1-3H3,(H,29,31)(H,32,33,36). The predicted molar refractivity (Wildman–Crippen MR) is 150 cm³/mol. The Morgan fingerprint density at radius 3 is 2.61 bits per heavy atom. The molecule has 3 aromatic heterocycles. The second kappa shape index (κ2) is 10.2. The Morgan fingerprint density at radius 2 is 1.89 bits per heavy atom. The van der Waals surface area contributed by atoms with Gasteiger partial charge in [-0.15, -0.1) is 11.3 Å². The van der Waals surface area contributed by atoms with Crippen LogP contribution in [0.15, 0.2) is 66.9 Å². The molecular formula is C28H28N6O3S. The quantitative estimate of drug-likeness (QED) is 0.197. The number of anilines is 2. The van der Waals surface area contributed by atoms with E-state index < -0.39 is 5.60 Å². The minimum atomic E-state index is -1.04. The molecule has 0 aliphatic carbocycles. The van der Waals surface area contributed by atoms with E-state index in [9.17, 15) is 14.7 Å². The lowest BCUT2D eigenvalue weighted by Crippen LogP contribution is -2.27. The maximum atomic E-state index is 13.1. The average Bonchev–Trinajstić information content (AvgIpc) is 3.61. The third-order valence-corrected chi connectivity index (χ3v) is 6.98. The van der Waals surface area contributed by atoms with Gasteiger partial charge in [-0.25, -0.2) is 9.97 Å². The fraction of sp³-hybridized carbons (Fsp3) is 0.214. The van der Waals surface area contributed by atoms with Crippen LogP contribution in [-0.4, -0.2) is 48.5 Å². The van der Waals surface area contributed by atoms with Crippen LogP contribution in [0.25, 0.3) is 21.6 Å². The zero-order valence-corrected chi connectivity index (χ0v) is 22.1. The highest BCUT2D eigenvalue weighted by Gasteiger charge is 2.22. The van der Waals surface area contributed by atoms with Gasteiger partial charge in [0, 0.05) is 11.3 Å². The van der Waals surface area contributed by atoms with E-state index in [1.165, 1.54) is 11.3 Å². The summed E-state index contributed by atoms with van der Waals surface area (Å²) in [5.74, 6) is 0.818. The molecule has 0 spiro atoms. The van der Waals surface area contributed by atoms with Crippen LogP contribution in [-0.2, 0) is 6.54 Å². The summed E-state index contributed by atoms with van der Waals surface area (Å²) in [5.41, 5.74) is 2.56. The monoisotopic (exact) mass is 528 g/mol. The number of hydrogen-bond donors (Lipinski definition) is 4. The number of Topliss-reactive ketones (excluding diaryl/α,β-unsaturated/α-hetero) is 1. The molecule has 3 heterocycles. The van der Waals surface area contributed by atoms with Crippen molar-refractivity contribution in [1.29, 1.82) is 0 Å². The SMILES string of the molecule is Cc1ncc(-c2ccc(C(=O)Nc3nc4cc(NCC(=O)c5ccccc5)ccc4n3CC(C)(C)O)s2)[nH]1. The number of nitrogens with zero attached hydrogens (tertiary/aromatic N) is 3. The summed E-state index contributed by atoms with van der Waals surface area (Å²) < 4.78 is 1.79. The average molecular weight is 529 g/mol. The number of rotatable bonds is 9. The molecule has 4 N–H and O–H groups in total. The third-order valence-electron chi connectivity index (χ3n) is 5.87. The largest absolute Gasteiger partial charge is 0.389 e. The zero-order chi connectivity index (χ0) is 26.9. The molecule has 5 aromatic rings. The van der Waals surface area contributed by atoms with E-state index in [0.717, 1.165) is 27.6 Å². The van der Waals surface area contributed by atoms with Crippen molar-refractivity contribution in [2.24, 2.45) is 0 Å². The van der Waals surface area contributed by atoms with Crippen molar-refractivity contribution in [3.8, 4) is 10.6 Å². The summed E-state index contributed by atoms with van der Waals surface area (Å²) in [6.07, 6.45) is 1.74. The van der Waals surface area contributed by atoms with E-state index in [2.05, 4.69) is 25.6 Å². The Balaban J connectivity index is 1.38. The molecule has 0 fully saturated rings. The number of H-pyrrole nitrogens is 1. The second-order valence-corrected chi connectivity index (χ2v) is 10.8. The molecular weight excluding hydrogens is 500 g/mol. The van der Waals surface area contributed by atoms with Crippen LogP contribution in [0.5, 0.6) is 0 Å². The maximum Gasteiger partial charge on any atom is 0.268 e. The number of aromatic amines is 1. The number of thiophene rings is 1. The smallest absolute Gasteiger partial charge is 0.268 e. The molecule has 5 rings (SSSR count). The summed E-state index contributed by atoms with van der Waals surface area (Å²) in [5, 5.41) is 16.6. The van der Waals surface area contributed by atoms with Crippen molar-refractivity contribution >= 4 is 45.7 Å². The highest BCUT2D eigenvalue weighted by atomic mass is 32.1. The van der Waals surface area contributed by atoms with E-state index in [0.29, 0.717) is 21.9 Å². The number of aromatic nitrogens is 4. The Labute approximate surface area is 223 Å². The van der Waals surface area contributed by atoms with Crippen molar-refractivity contribution < 1.29 is 14.7 Å². The highest BCUT2D eigenvalue weighted by Crippen LogP contribution is 2.29. The van der Waals surface area contributed by atoms with Gasteiger partial charge in [0.1, 0.15) is 5.82 Å². The first-order valence-electron chi connectivity index (χ1n) is 12.1. The van der Waals surface area contributed by atoms with Gasteiger partial charge in [-0.1, -0.05) is 30.3 Å². The molecule has 194 valence electrons. The molecule has 38 heavy (non-hydrogen) atoms. The lowest BCUT2D eigenvalue weighted by atomic mass is 10.1. The summed E-state index contributed by atoms with van der Waals surface area (Å²) in [4.78, 5) is 39.1. The number of nitrogens with one attached hydrogen (secondary N) is 3. The van der Waals surface area contributed by atoms with Gasteiger partial charge in [-0.2, -0.15) is 0 Å². The number of hydrogen-bond acceptors (Lipinski definition) is 7. The van der Waals surface area contributed by atoms with Crippen molar-refractivity contribution in [2.75, 3.05) is 17.2 Å². The first kappa shape index (κ1) is 25.4. The molecule has 0 bridgehead atoms.